The van der Waals surface area contributed by atoms with E-state index in [9.17, 15) is 19.2 Å². The van der Waals surface area contributed by atoms with Gasteiger partial charge in [-0.1, -0.05) is 30.3 Å². The van der Waals surface area contributed by atoms with Gasteiger partial charge in [0.2, 0.25) is 17.7 Å². The minimum atomic E-state index is -1.19. The van der Waals surface area contributed by atoms with Crippen LogP contribution in [-0.4, -0.2) is 74.9 Å². The normalized spacial score (nSPS) is 14.3. The number of amides is 3. The molecule has 7 N–H and O–H groups in total. The summed E-state index contributed by atoms with van der Waals surface area (Å²) in [6.45, 7) is 1.34. The van der Waals surface area contributed by atoms with E-state index >= 15 is 0 Å². The molecule has 0 saturated carbocycles. The Kier molecular flexibility index (Phi) is 11.2. The van der Waals surface area contributed by atoms with E-state index in [4.69, 9.17) is 10.8 Å². The molecule has 0 aliphatic carbocycles. The Hall–Kier alpha value is -3.38. The van der Waals surface area contributed by atoms with Crippen LogP contribution in [0.25, 0.3) is 0 Å². The van der Waals surface area contributed by atoms with Crippen molar-refractivity contribution in [3.05, 3.63) is 54.1 Å². The highest BCUT2D eigenvalue weighted by Gasteiger charge is 2.29. The zero-order valence-electron chi connectivity index (χ0n) is 19.7. The van der Waals surface area contributed by atoms with Gasteiger partial charge in [-0.2, -0.15) is 11.8 Å². The Morgan fingerprint density at radius 2 is 1.69 bits per heavy atom. The molecule has 4 unspecified atom stereocenters. The number of aromatic amines is 1. The molecule has 0 aliphatic rings. The van der Waals surface area contributed by atoms with E-state index in [2.05, 4.69) is 25.9 Å². The van der Waals surface area contributed by atoms with Gasteiger partial charge in [0, 0.05) is 24.7 Å². The first-order chi connectivity index (χ1) is 16.7. The van der Waals surface area contributed by atoms with Gasteiger partial charge in [-0.15, -0.1) is 0 Å². The number of imidazole rings is 1. The van der Waals surface area contributed by atoms with Crippen molar-refractivity contribution in [2.75, 3.05) is 12.0 Å². The molecule has 0 spiro atoms. The second-order valence-corrected chi connectivity index (χ2v) is 9.04. The summed E-state index contributed by atoms with van der Waals surface area (Å²) in [7, 11) is 0. The van der Waals surface area contributed by atoms with Crippen molar-refractivity contribution < 1.29 is 24.3 Å². The quantitative estimate of drug-likeness (QED) is 0.205. The molecule has 1 heterocycles. The largest absolute Gasteiger partial charge is 0.480 e. The van der Waals surface area contributed by atoms with Crippen molar-refractivity contribution in [1.82, 2.24) is 25.9 Å². The summed E-state index contributed by atoms with van der Waals surface area (Å²) >= 11 is 1.48. The summed E-state index contributed by atoms with van der Waals surface area (Å²) in [4.78, 5) is 56.6. The van der Waals surface area contributed by atoms with E-state index in [-0.39, 0.29) is 19.3 Å². The predicted octanol–water partition coefficient (Wildman–Crippen LogP) is -0.166. The molecule has 2 rings (SSSR count). The van der Waals surface area contributed by atoms with Crippen molar-refractivity contribution in [3.63, 3.8) is 0 Å². The van der Waals surface area contributed by atoms with Crippen LogP contribution in [0.4, 0.5) is 0 Å². The molecule has 4 atom stereocenters. The molecule has 190 valence electrons. The monoisotopic (exact) mass is 504 g/mol. The van der Waals surface area contributed by atoms with E-state index in [0.29, 0.717) is 11.4 Å². The molecular weight excluding hydrogens is 472 g/mol. The lowest BCUT2D eigenvalue weighted by molar-refractivity contribution is -0.141. The minimum absolute atomic E-state index is 0.178. The van der Waals surface area contributed by atoms with Crippen LogP contribution in [0, 0.1) is 0 Å². The second-order valence-electron chi connectivity index (χ2n) is 8.05. The number of nitrogens with zero attached hydrogens (tertiary/aromatic N) is 1. The molecule has 0 fully saturated rings. The number of aliphatic carboxylic acids is 1. The van der Waals surface area contributed by atoms with E-state index in [1.165, 1.54) is 25.0 Å². The summed E-state index contributed by atoms with van der Waals surface area (Å²) in [6.07, 6.45) is 5.58. The van der Waals surface area contributed by atoms with Crippen molar-refractivity contribution in [3.8, 4) is 0 Å². The SMILES string of the molecule is CSCCC(NC(=O)C(Cc1ccccc1)NC(=O)C(N)Cc1cnc[nH]1)C(=O)NC(C)C(=O)O. The van der Waals surface area contributed by atoms with Gasteiger partial charge in [0.1, 0.15) is 18.1 Å². The number of carboxylic acid groups (broad SMARTS) is 1. The summed E-state index contributed by atoms with van der Waals surface area (Å²) in [5.41, 5.74) is 7.52. The number of nitrogens with two attached hydrogens (primary N) is 1. The van der Waals surface area contributed by atoms with Crippen LogP contribution < -0.4 is 21.7 Å². The number of carbonyl (C=O) groups is 4. The van der Waals surface area contributed by atoms with E-state index in [0.717, 1.165) is 5.56 Å². The van der Waals surface area contributed by atoms with Crippen molar-refractivity contribution in [2.24, 2.45) is 5.73 Å². The van der Waals surface area contributed by atoms with Gasteiger partial charge in [-0.3, -0.25) is 19.2 Å². The number of nitrogens with one attached hydrogen (secondary N) is 4. The first-order valence-electron chi connectivity index (χ1n) is 11.1. The summed E-state index contributed by atoms with van der Waals surface area (Å²) in [5.74, 6) is -2.33. The fourth-order valence-electron chi connectivity index (χ4n) is 3.22. The topological polar surface area (TPSA) is 179 Å². The van der Waals surface area contributed by atoms with Gasteiger partial charge in [0.05, 0.1) is 12.4 Å². The van der Waals surface area contributed by atoms with Gasteiger partial charge in [-0.25, -0.2) is 4.98 Å². The van der Waals surface area contributed by atoms with Crippen LogP contribution in [0.2, 0.25) is 0 Å². The Morgan fingerprint density at radius 3 is 2.29 bits per heavy atom. The Bertz CT molecular complexity index is 972. The number of hydrogen-bond donors (Lipinski definition) is 6. The highest BCUT2D eigenvalue weighted by atomic mass is 32.2. The molecular formula is C23H32N6O5S. The number of aromatic nitrogens is 2. The molecule has 0 bridgehead atoms. The highest BCUT2D eigenvalue weighted by Crippen LogP contribution is 2.07. The van der Waals surface area contributed by atoms with Crippen molar-refractivity contribution in [2.45, 2.75) is 50.4 Å². The van der Waals surface area contributed by atoms with Gasteiger partial charge < -0.3 is 31.8 Å². The van der Waals surface area contributed by atoms with E-state index in [1.807, 2.05) is 36.6 Å². The van der Waals surface area contributed by atoms with Gasteiger partial charge in [0.15, 0.2) is 0 Å². The molecule has 12 heteroatoms. The van der Waals surface area contributed by atoms with Crippen LogP contribution >= 0.6 is 11.8 Å². The third-order valence-electron chi connectivity index (χ3n) is 5.22. The number of rotatable bonds is 14. The Morgan fingerprint density at radius 1 is 1.03 bits per heavy atom. The van der Waals surface area contributed by atoms with Crippen LogP contribution in [0.1, 0.15) is 24.6 Å². The average molecular weight is 505 g/mol. The predicted molar refractivity (Wildman–Crippen MR) is 133 cm³/mol. The minimum Gasteiger partial charge on any atom is -0.480 e. The van der Waals surface area contributed by atoms with Gasteiger partial charge >= 0.3 is 5.97 Å². The summed E-state index contributed by atoms with van der Waals surface area (Å²) in [5, 5.41) is 16.9. The number of carboxylic acids is 1. The van der Waals surface area contributed by atoms with E-state index < -0.39 is 47.9 Å². The molecule has 0 aliphatic heterocycles. The van der Waals surface area contributed by atoms with Crippen LogP contribution in [0.3, 0.4) is 0 Å². The fourth-order valence-corrected chi connectivity index (χ4v) is 3.69. The highest BCUT2D eigenvalue weighted by molar-refractivity contribution is 7.98. The van der Waals surface area contributed by atoms with Crippen molar-refractivity contribution in [1.29, 1.82) is 0 Å². The lowest BCUT2D eigenvalue weighted by Gasteiger charge is -2.25. The molecule has 1 aromatic carbocycles. The number of benzene rings is 1. The zero-order valence-corrected chi connectivity index (χ0v) is 20.5. The zero-order chi connectivity index (χ0) is 25.8. The molecule has 3 amide bonds. The van der Waals surface area contributed by atoms with E-state index in [1.54, 1.807) is 6.20 Å². The number of carbonyl (C=O) groups excluding carboxylic acids is 3. The van der Waals surface area contributed by atoms with Crippen LogP contribution in [0.5, 0.6) is 0 Å². The Balaban J connectivity index is 2.15. The maximum Gasteiger partial charge on any atom is 0.325 e. The van der Waals surface area contributed by atoms with Crippen LogP contribution in [-0.2, 0) is 32.0 Å². The number of hydrogen-bond acceptors (Lipinski definition) is 7. The maximum atomic E-state index is 13.2. The molecule has 2 aromatic rings. The van der Waals surface area contributed by atoms with Crippen LogP contribution in [0.15, 0.2) is 42.9 Å². The summed E-state index contributed by atoms with van der Waals surface area (Å²) in [6, 6.07) is 5.11. The number of H-pyrrole nitrogens is 1. The molecule has 11 nitrogen and oxygen atoms in total. The van der Waals surface area contributed by atoms with Gasteiger partial charge in [0.25, 0.3) is 0 Å². The average Bonchev–Trinajstić information content (AvgIpc) is 3.34. The smallest absolute Gasteiger partial charge is 0.325 e. The van der Waals surface area contributed by atoms with Gasteiger partial charge in [-0.05, 0) is 30.9 Å². The third kappa shape index (κ3) is 9.41. The lowest BCUT2D eigenvalue weighted by atomic mass is 10.0. The summed E-state index contributed by atoms with van der Waals surface area (Å²) < 4.78 is 0. The number of thioether (sulfide) groups is 1. The fraction of sp³-hybridized carbons (Fsp3) is 0.435. The Labute approximate surface area is 208 Å². The lowest BCUT2D eigenvalue weighted by Crippen LogP contribution is -2.57. The second kappa shape index (κ2) is 14.1. The molecule has 0 radical (unpaired) electrons. The maximum absolute atomic E-state index is 13.2. The first kappa shape index (κ1) is 27.9. The molecule has 0 saturated heterocycles. The molecule has 1 aromatic heterocycles. The third-order valence-corrected chi connectivity index (χ3v) is 5.86. The standard InChI is InChI=1S/C23H32N6O5S/c1-14(23(33)34)27-21(31)18(8-9-35-2)28-22(32)19(10-15-6-4-3-5-7-15)29-20(30)17(24)11-16-12-25-13-26-16/h3-7,12-14,17-19H,8-11,24H2,1-2H3,(H,25,26)(H,27,31)(H,28,32)(H,29,30)(H,33,34). The van der Waals surface area contributed by atoms with Crippen molar-refractivity contribution >= 4 is 35.5 Å². The molecule has 35 heavy (non-hydrogen) atoms. The first-order valence-corrected chi connectivity index (χ1v) is 12.5.